The maximum atomic E-state index is 13.5. The van der Waals surface area contributed by atoms with E-state index in [-0.39, 0.29) is 17.2 Å². The lowest BCUT2D eigenvalue weighted by Crippen LogP contribution is -2.31. The molecule has 0 spiro atoms. The number of nitrogens with one attached hydrogen (secondary N) is 3. The van der Waals surface area contributed by atoms with Gasteiger partial charge in [-0.3, -0.25) is 9.59 Å². The predicted molar refractivity (Wildman–Crippen MR) is 144 cm³/mol. The smallest absolute Gasteiger partial charge is 0.254 e. The number of hydrogen-bond donors (Lipinski definition) is 3. The largest absolute Gasteiger partial charge is 0.495 e. The number of para-hydroxylation sites is 2. The predicted octanol–water partition coefficient (Wildman–Crippen LogP) is 5.65. The fourth-order valence-corrected chi connectivity index (χ4v) is 4.89. The summed E-state index contributed by atoms with van der Waals surface area (Å²) in [5.74, 6) is -0.449. The number of nitrogens with zero attached hydrogens (tertiary/aromatic N) is 1. The number of furan rings is 1. The van der Waals surface area contributed by atoms with Crippen LogP contribution < -0.4 is 20.7 Å². The number of benzene rings is 2. The second-order valence-corrected chi connectivity index (χ2v) is 9.39. The number of thioether (sulfide) groups is 1. The van der Waals surface area contributed by atoms with Gasteiger partial charge in [-0.2, -0.15) is 5.26 Å². The van der Waals surface area contributed by atoms with Crippen molar-refractivity contribution in [2.75, 3.05) is 23.5 Å². The van der Waals surface area contributed by atoms with Crippen LogP contribution in [0.25, 0.3) is 0 Å². The van der Waals surface area contributed by atoms with Crippen LogP contribution in [-0.2, 0) is 9.59 Å². The molecule has 4 rings (SSSR count). The summed E-state index contributed by atoms with van der Waals surface area (Å²) < 4.78 is 11.0. The van der Waals surface area contributed by atoms with E-state index < -0.39 is 11.8 Å². The van der Waals surface area contributed by atoms with Crippen molar-refractivity contribution in [1.82, 2.24) is 5.32 Å². The number of hydrogen-bond acceptors (Lipinski definition) is 7. The number of dihydropyridines is 1. The van der Waals surface area contributed by atoms with Gasteiger partial charge in [0.1, 0.15) is 11.5 Å². The summed E-state index contributed by atoms with van der Waals surface area (Å²) in [5, 5.41) is 20.0. The van der Waals surface area contributed by atoms with Crippen molar-refractivity contribution in [2.45, 2.75) is 12.8 Å². The van der Waals surface area contributed by atoms with Gasteiger partial charge in [-0.15, -0.1) is 0 Å². The Morgan fingerprint density at radius 2 is 1.89 bits per heavy atom. The minimum absolute atomic E-state index is 0.0387. The number of ether oxygens (including phenoxy) is 1. The summed E-state index contributed by atoms with van der Waals surface area (Å²) in [7, 11) is 1.52. The third-order valence-electron chi connectivity index (χ3n) is 5.55. The van der Waals surface area contributed by atoms with Crippen LogP contribution in [0.1, 0.15) is 18.6 Å². The molecule has 3 N–H and O–H groups in total. The minimum atomic E-state index is -0.766. The maximum Gasteiger partial charge on any atom is 0.254 e. The lowest BCUT2D eigenvalue weighted by atomic mass is 9.85. The van der Waals surface area contributed by atoms with Crippen LogP contribution in [0.3, 0.4) is 0 Å². The highest BCUT2D eigenvalue weighted by Gasteiger charge is 2.36. The molecule has 37 heavy (non-hydrogen) atoms. The number of rotatable bonds is 8. The number of methoxy groups -OCH3 is 1. The first kappa shape index (κ1) is 25.9. The van der Waals surface area contributed by atoms with Gasteiger partial charge in [0.05, 0.1) is 53.0 Å². The Balaban J connectivity index is 1.59. The summed E-state index contributed by atoms with van der Waals surface area (Å²) in [6.07, 6.45) is 1.49. The Labute approximate surface area is 223 Å². The summed E-state index contributed by atoms with van der Waals surface area (Å²) in [6, 6.07) is 19.5. The van der Waals surface area contributed by atoms with E-state index in [9.17, 15) is 14.9 Å². The van der Waals surface area contributed by atoms with E-state index in [1.165, 1.54) is 25.1 Å². The van der Waals surface area contributed by atoms with Crippen LogP contribution in [0.4, 0.5) is 11.4 Å². The molecule has 1 aliphatic rings. The van der Waals surface area contributed by atoms with Crippen LogP contribution in [0.5, 0.6) is 5.75 Å². The molecule has 1 aliphatic heterocycles. The summed E-state index contributed by atoms with van der Waals surface area (Å²) in [6.45, 7) is 1.75. The first-order valence-electron chi connectivity index (χ1n) is 11.2. The Morgan fingerprint density at radius 1 is 1.14 bits per heavy atom. The van der Waals surface area contributed by atoms with Crippen LogP contribution in [0.15, 0.2) is 93.2 Å². The molecule has 0 aliphatic carbocycles. The summed E-state index contributed by atoms with van der Waals surface area (Å²) in [4.78, 5) is 26.1. The van der Waals surface area contributed by atoms with E-state index in [2.05, 4.69) is 22.0 Å². The second-order valence-electron chi connectivity index (χ2n) is 7.96. The molecule has 10 heteroatoms. The quantitative estimate of drug-likeness (QED) is 0.342. The Morgan fingerprint density at radius 3 is 2.57 bits per heavy atom. The Bertz CT molecular complexity index is 1410. The minimum Gasteiger partial charge on any atom is -0.495 e. The van der Waals surface area contributed by atoms with E-state index in [0.717, 1.165) is 0 Å². The molecule has 188 valence electrons. The van der Waals surface area contributed by atoms with Gasteiger partial charge in [-0.1, -0.05) is 35.5 Å². The van der Waals surface area contributed by atoms with Crippen LogP contribution in [0.2, 0.25) is 5.02 Å². The number of carbonyl (C=O) groups excluding carboxylic acids is 2. The van der Waals surface area contributed by atoms with Crippen molar-refractivity contribution in [3.63, 3.8) is 0 Å². The van der Waals surface area contributed by atoms with E-state index in [4.69, 9.17) is 20.8 Å². The van der Waals surface area contributed by atoms with Crippen LogP contribution in [-0.4, -0.2) is 24.7 Å². The lowest BCUT2D eigenvalue weighted by Gasteiger charge is -2.28. The molecule has 0 saturated heterocycles. The summed E-state index contributed by atoms with van der Waals surface area (Å²) in [5.41, 5.74) is 2.24. The molecule has 3 aromatic rings. The molecule has 0 saturated carbocycles. The molecule has 0 fully saturated rings. The number of carbonyl (C=O) groups is 2. The zero-order valence-corrected chi connectivity index (χ0v) is 21.6. The first-order chi connectivity index (χ1) is 17.9. The van der Waals surface area contributed by atoms with Crippen molar-refractivity contribution >= 4 is 46.6 Å². The number of anilines is 2. The van der Waals surface area contributed by atoms with Crippen molar-refractivity contribution in [3.8, 4) is 11.8 Å². The lowest BCUT2D eigenvalue weighted by molar-refractivity contribution is -0.114. The molecule has 0 unspecified atom stereocenters. The van der Waals surface area contributed by atoms with Gasteiger partial charge in [0, 0.05) is 16.4 Å². The van der Waals surface area contributed by atoms with E-state index in [1.807, 2.05) is 0 Å². The summed E-state index contributed by atoms with van der Waals surface area (Å²) >= 11 is 7.07. The SMILES string of the molecule is COc1ccccc1NC(=O)C1=C(C)NC(SCC(=O)Nc2ccc(Cl)cc2)=C(C#N)[C@@H]1c1ccco1. The molecule has 1 aromatic heterocycles. The first-order valence-corrected chi connectivity index (χ1v) is 12.6. The molecule has 8 nitrogen and oxygen atoms in total. The van der Waals surface area contributed by atoms with Gasteiger partial charge in [0.15, 0.2) is 0 Å². The van der Waals surface area contributed by atoms with Gasteiger partial charge < -0.3 is 25.1 Å². The normalized spacial score (nSPS) is 15.0. The number of allylic oxidation sites excluding steroid dienone is 2. The highest BCUT2D eigenvalue weighted by atomic mass is 35.5. The number of amides is 2. The zero-order chi connectivity index (χ0) is 26.4. The van der Waals surface area contributed by atoms with E-state index in [0.29, 0.717) is 44.2 Å². The van der Waals surface area contributed by atoms with Gasteiger partial charge in [-0.05, 0) is 55.5 Å². The average molecular weight is 535 g/mol. The molecule has 0 radical (unpaired) electrons. The molecule has 2 amide bonds. The highest BCUT2D eigenvalue weighted by molar-refractivity contribution is 8.03. The van der Waals surface area contributed by atoms with Crippen molar-refractivity contribution in [2.24, 2.45) is 0 Å². The Hall–Kier alpha value is -4.13. The fraction of sp³-hybridized carbons (Fsp3) is 0.148. The van der Waals surface area contributed by atoms with Gasteiger partial charge >= 0.3 is 0 Å². The highest BCUT2D eigenvalue weighted by Crippen LogP contribution is 2.41. The third-order valence-corrected chi connectivity index (χ3v) is 6.82. The van der Waals surface area contributed by atoms with Crippen LogP contribution >= 0.6 is 23.4 Å². The Kier molecular flexibility index (Phi) is 8.23. The van der Waals surface area contributed by atoms with E-state index >= 15 is 0 Å². The molecule has 1 atom stereocenters. The zero-order valence-electron chi connectivity index (χ0n) is 20.0. The monoisotopic (exact) mass is 534 g/mol. The standard InChI is InChI=1S/C27H23ClN4O4S/c1-16-24(26(34)32-20-6-3-4-7-21(20)35-2)25(22-8-5-13-36-22)19(14-29)27(30-16)37-15-23(33)31-18-11-9-17(28)10-12-18/h3-13,25,30H,15H2,1-2H3,(H,31,33)(H,32,34)/t25-/m1/s1. The maximum absolute atomic E-state index is 13.5. The number of nitriles is 1. The van der Waals surface area contributed by atoms with Crippen LogP contribution in [0, 0.1) is 11.3 Å². The second kappa shape index (κ2) is 11.7. The van der Waals surface area contributed by atoms with Crippen molar-refractivity contribution in [1.29, 1.82) is 5.26 Å². The van der Waals surface area contributed by atoms with E-state index in [1.54, 1.807) is 67.6 Å². The number of halogens is 1. The molecule has 2 aromatic carbocycles. The topological polar surface area (TPSA) is 116 Å². The van der Waals surface area contributed by atoms with Gasteiger partial charge in [0.2, 0.25) is 5.91 Å². The van der Waals surface area contributed by atoms with Gasteiger partial charge in [-0.25, -0.2) is 0 Å². The van der Waals surface area contributed by atoms with Crippen molar-refractivity contribution in [3.05, 3.63) is 99.6 Å². The molecular weight excluding hydrogens is 512 g/mol. The van der Waals surface area contributed by atoms with Gasteiger partial charge in [0.25, 0.3) is 5.91 Å². The third kappa shape index (κ3) is 6.00. The molecule has 2 heterocycles. The fourth-order valence-electron chi connectivity index (χ4n) is 3.87. The van der Waals surface area contributed by atoms with Crippen molar-refractivity contribution < 1.29 is 18.7 Å². The average Bonchev–Trinajstić information content (AvgIpc) is 3.43. The molecular formula is C27H23ClN4O4S. The molecule has 0 bridgehead atoms.